The molecule has 0 spiro atoms. The second-order valence-electron chi connectivity index (χ2n) is 8.02. The fourth-order valence-corrected chi connectivity index (χ4v) is 4.14. The third-order valence-electron chi connectivity index (χ3n) is 5.79. The van der Waals surface area contributed by atoms with Crippen molar-refractivity contribution < 1.29 is 9.59 Å². The summed E-state index contributed by atoms with van der Waals surface area (Å²) in [7, 11) is 0. The van der Waals surface area contributed by atoms with Gasteiger partial charge in [-0.1, -0.05) is 42.5 Å². The lowest BCUT2D eigenvalue weighted by Crippen LogP contribution is -2.45. The van der Waals surface area contributed by atoms with Gasteiger partial charge in [-0.15, -0.1) is 0 Å². The topological polar surface area (TPSA) is 53.0 Å². The largest absolute Gasteiger partial charge is 0.338 e. The number of hydrazone groups is 1. The van der Waals surface area contributed by atoms with Gasteiger partial charge in [-0.2, -0.15) is 5.10 Å². The average Bonchev–Trinajstić information content (AvgIpc) is 2.75. The van der Waals surface area contributed by atoms with Crippen LogP contribution < -0.4 is 5.01 Å². The van der Waals surface area contributed by atoms with E-state index in [1.54, 1.807) is 0 Å². The van der Waals surface area contributed by atoms with Gasteiger partial charge in [0.05, 0.1) is 5.69 Å². The Labute approximate surface area is 172 Å². The van der Waals surface area contributed by atoms with Gasteiger partial charge in [0.15, 0.2) is 0 Å². The third-order valence-corrected chi connectivity index (χ3v) is 5.79. The van der Waals surface area contributed by atoms with Crippen molar-refractivity contribution in [2.45, 2.75) is 39.0 Å². The van der Waals surface area contributed by atoms with Crippen LogP contribution in [0, 0.1) is 12.8 Å². The molecule has 0 atom stereocenters. The smallest absolute Gasteiger partial charge is 0.270 e. The first-order chi connectivity index (χ1) is 14.1. The zero-order chi connectivity index (χ0) is 20.2. The molecule has 0 aliphatic carbocycles. The highest BCUT2D eigenvalue weighted by Gasteiger charge is 2.30. The Bertz CT molecular complexity index is 915. The highest BCUT2D eigenvalue weighted by Crippen LogP contribution is 2.24. The maximum atomic E-state index is 13.0. The van der Waals surface area contributed by atoms with Gasteiger partial charge in [0, 0.05) is 25.9 Å². The minimum atomic E-state index is -0.0614. The van der Waals surface area contributed by atoms with E-state index in [1.807, 2.05) is 42.2 Å². The van der Waals surface area contributed by atoms with Crippen LogP contribution in [0.25, 0.3) is 0 Å². The highest BCUT2D eigenvalue weighted by atomic mass is 16.2. The summed E-state index contributed by atoms with van der Waals surface area (Å²) in [4.78, 5) is 27.3. The number of benzene rings is 2. The summed E-state index contributed by atoms with van der Waals surface area (Å²) >= 11 is 0. The van der Waals surface area contributed by atoms with Crippen LogP contribution in [0.1, 0.15) is 36.8 Å². The van der Waals surface area contributed by atoms with E-state index in [9.17, 15) is 9.59 Å². The Balaban J connectivity index is 1.40. The molecule has 2 aliphatic heterocycles. The summed E-state index contributed by atoms with van der Waals surface area (Å²) in [5.74, 6) is 0.530. The normalized spacial score (nSPS) is 18.0. The number of hydrogen-bond donors (Lipinski definition) is 0. The Morgan fingerprint density at radius 1 is 1.03 bits per heavy atom. The van der Waals surface area contributed by atoms with Gasteiger partial charge in [-0.05, 0) is 55.4 Å². The fraction of sp³-hybridized carbons (Fsp3) is 0.375. The summed E-state index contributed by atoms with van der Waals surface area (Å²) in [5, 5.41) is 5.84. The zero-order valence-electron chi connectivity index (χ0n) is 16.9. The minimum Gasteiger partial charge on any atom is -0.338 e. The van der Waals surface area contributed by atoms with Gasteiger partial charge >= 0.3 is 0 Å². The molecule has 150 valence electrons. The third kappa shape index (κ3) is 4.56. The van der Waals surface area contributed by atoms with E-state index in [-0.39, 0.29) is 11.8 Å². The molecule has 0 saturated carbocycles. The van der Waals surface area contributed by atoms with Crippen molar-refractivity contribution in [3.63, 3.8) is 0 Å². The summed E-state index contributed by atoms with van der Waals surface area (Å²) in [6.07, 6.45) is 3.83. The van der Waals surface area contributed by atoms with Crippen LogP contribution in [-0.2, 0) is 16.0 Å². The first-order valence-electron chi connectivity index (χ1n) is 10.4. The van der Waals surface area contributed by atoms with Crippen LogP contribution in [-0.4, -0.2) is 35.5 Å². The molecule has 0 N–H and O–H groups in total. The number of carbonyl (C=O) groups excluding carboxylic acids is 2. The summed E-state index contributed by atoms with van der Waals surface area (Å²) in [5.41, 5.74) is 3.64. The number of piperidine rings is 1. The van der Waals surface area contributed by atoms with Crippen molar-refractivity contribution in [2.24, 2.45) is 11.0 Å². The number of nitrogens with zero attached hydrogens (tertiary/aromatic N) is 3. The Hall–Kier alpha value is -2.95. The Kier molecular flexibility index (Phi) is 5.74. The molecule has 5 nitrogen and oxygen atoms in total. The lowest BCUT2D eigenvalue weighted by atomic mass is 9.90. The van der Waals surface area contributed by atoms with Crippen molar-refractivity contribution in [3.05, 3.63) is 65.7 Å². The van der Waals surface area contributed by atoms with Crippen molar-refractivity contribution in [1.82, 2.24) is 4.90 Å². The minimum absolute atomic E-state index is 0.0201. The van der Waals surface area contributed by atoms with Gasteiger partial charge in [-0.25, -0.2) is 5.01 Å². The number of carbonyl (C=O) groups is 2. The van der Waals surface area contributed by atoms with Gasteiger partial charge < -0.3 is 4.90 Å². The predicted molar refractivity (Wildman–Crippen MR) is 115 cm³/mol. The molecule has 0 radical (unpaired) electrons. The molecular formula is C24H27N3O2. The average molecular weight is 389 g/mol. The van der Waals surface area contributed by atoms with Crippen molar-refractivity contribution in [2.75, 3.05) is 18.1 Å². The molecule has 0 aromatic heterocycles. The number of hydrogen-bond acceptors (Lipinski definition) is 3. The van der Waals surface area contributed by atoms with Crippen molar-refractivity contribution >= 4 is 23.2 Å². The maximum absolute atomic E-state index is 13.0. The van der Waals surface area contributed by atoms with E-state index in [0.29, 0.717) is 24.5 Å². The van der Waals surface area contributed by atoms with Gasteiger partial charge in [0.25, 0.3) is 5.91 Å². The van der Waals surface area contributed by atoms with Gasteiger partial charge in [-0.3, -0.25) is 9.59 Å². The van der Waals surface area contributed by atoms with Crippen LogP contribution >= 0.6 is 0 Å². The standard InChI is InChI=1S/C24H27N3O2/c1-18-6-5-9-21(16-18)27-23(28)11-10-22(25-27)24(29)26-14-12-20(13-15-26)17-19-7-3-2-4-8-19/h2-9,16,20H,10-15,17H2,1H3. The number of amides is 2. The molecule has 2 amide bonds. The number of aryl methyl sites for hydroxylation is 1. The van der Waals surface area contributed by atoms with Crippen LogP contribution in [0.3, 0.4) is 0 Å². The van der Waals surface area contributed by atoms with Gasteiger partial charge in [0.1, 0.15) is 5.71 Å². The fourth-order valence-electron chi connectivity index (χ4n) is 4.14. The van der Waals surface area contributed by atoms with E-state index in [0.717, 1.165) is 43.6 Å². The SMILES string of the molecule is Cc1cccc(N2N=C(C(=O)N3CCC(Cc4ccccc4)CC3)CCC2=O)c1. The molecule has 0 unspecified atom stereocenters. The summed E-state index contributed by atoms with van der Waals surface area (Å²) in [6.45, 7) is 3.49. The van der Waals surface area contributed by atoms with Crippen LogP contribution in [0.5, 0.6) is 0 Å². The molecule has 2 aromatic carbocycles. The summed E-state index contributed by atoms with van der Waals surface area (Å²) in [6, 6.07) is 18.2. The van der Waals surface area contributed by atoms with E-state index >= 15 is 0 Å². The molecule has 1 saturated heterocycles. The molecule has 5 heteroatoms. The van der Waals surface area contributed by atoms with E-state index in [1.165, 1.54) is 10.6 Å². The number of rotatable bonds is 4. The van der Waals surface area contributed by atoms with Crippen LogP contribution in [0.2, 0.25) is 0 Å². The lowest BCUT2D eigenvalue weighted by molar-refractivity contribution is -0.125. The maximum Gasteiger partial charge on any atom is 0.270 e. The van der Waals surface area contributed by atoms with Crippen LogP contribution in [0.4, 0.5) is 5.69 Å². The number of likely N-dealkylation sites (tertiary alicyclic amines) is 1. The number of anilines is 1. The predicted octanol–water partition coefficient (Wildman–Crippen LogP) is 3.96. The van der Waals surface area contributed by atoms with Crippen molar-refractivity contribution in [3.8, 4) is 0 Å². The molecule has 29 heavy (non-hydrogen) atoms. The monoisotopic (exact) mass is 389 g/mol. The molecule has 2 aliphatic rings. The van der Waals surface area contributed by atoms with Crippen molar-refractivity contribution in [1.29, 1.82) is 0 Å². The Morgan fingerprint density at radius 3 is 2.52 bits per heavy atom. The second-order valence-corrected chi connectivity index (χ2v) is 8.02. The highest BCUT2D eigenvalue weighted by molar-refractivity contribution is 6.40. The van der Waals surface area contributed by atoms with E-state index in [2.05, 4.69) is 29.4 Å². The van der Waals surface area contributed by atoms with Crippen LogP contribution in [0.15, 0.2) is 59.7 Å². The van der Waals surface area contributed by atoms with E-state index in [4.69, 9.17) is 0 Å². The molecule has 4 rings (SSSR count). The molecule has 1 fully saturated rings. The molecule has 2 aromatic rings. The lowest BCUT2D eigenvalue weighted by Gasteiger charge is -2.33. The zero-order valence-corrected chi connectivity index (χ0v) is 16.9. The summed E-state index contributed by atoms with van der Waals surface area (Å²) < 4.78 is 0. The Morgan fingerprint density at radius 2 is 1.79 bits per heavy atom. The molecular weight excluding hydrogens is 362 g/mol. The second kappa shape index (κ2) is 8.60. The first-order valence-corrected chi connectivity index (χ1v) is 10.4. The van der Waals surface area contributed by atoms with Gasteiger partial charge in [0.2, 0.25) is 5.91 Å². The molecule has 2 heterocycles. The van der Waals surface area contributed by atoms with E-state index < -0.39 is 0 Å². The quantitative estimate of drug-likeness (QED) is 0.795. The molecule has 0 bridgehead atoms. The first kappa shape index (κ1) is 19.4.